The summed E-state index contributed by atoms with van der Waals surface area (Å²) in [4.78, 5) is 30.0. The molecule has 1 saturated carbocycles. The zero-order valence-corrected chi connectivity index (χ0v) is 18.6. The van der Waals surface area contributed by atoms with Crippen LogP contribution in [0.5, 0.6) is 0 Å². The van der Waals surface area contributed by atoms with Gasteiger partial charge in [-0.15, -0.1) is 0 Å². The minimum absolute atomic E-state index is 0.0120. The molecule has 1 heterocycles. The molecule has 2 aromatic rings. The summed E-state index contributed by atoms with van der Waals surface area (Å²) < 4.78 is 2.05. The number of aryl methyl sites for hydroxylation is 2. The monoisotopic (exact) mass is 410 g/mol. The van der Waals surface area contributed by atoms with Gasteiger partial charge >= 0.3 is 6.03 Å². The highest BCUT2D eigenvalue weighted by molar-refractivity contribution is 5.93. The summed E-state index contributed by atoms with van der Waals surface area (Å²) >= 11 is 0. The predicted octanol–water partition coefficient (Wildman–Crippen LogP) is 4.41. The van der Waals surface area contributed by atoms with Crippen molar-refractivity contribution >= 4 is 17.6 Å². The number of aromatic nitrogens is 1. The van der Waals surface area contributed by atoms with E-state index in [1.807, 2.05) is 73.0 Å². The van der Waals surface area contributed by atoms with Crippen LogP contribution in [0.25, 0.3) is 0 Å². The fourth-order valence-electron chi connectivity index (χ4n) is 3.66. The number of para-hydroxylation sites is 1. The molecule has 1 aromatic heterocycles. The second kappa shape index (κ2) is 9.83. The maximum atomic E-state index is 13.3. The van der Waals surface area contributed by atoms with Crippen LogP contribution in [-0.2, 0) is 24.8 Å². The molecule has 1 aliphatic carbocycles. The molecule has 1 atom stereocenters. The average molecular weight is 411 g/mol. The first-order valence-corrected chi connectivity index (χ1v) is 11.0. The molecule has 30 heavy (non-hydrogen) atoms. The minimum atomic E-state index is -0.215. The predicted molar refractivity (Wildman–Crippen MR) is 120 cm³/mol. The summed E-state index contributed by atoms with van der Waals surface area (Å²) in [7, 11) is 2.00. The van der Waals surface area contributed by atoms with Crippen molar-refractivity contribution in [1.29, 1.82) is 0 Å². The fraction of sp³-hybridized carbons (Fsp3) is 0.500. The Morgan fingerprint density at radius 3 is 2.50 bits per heavy atom. The van der Waals surface area contributed by atoms with E-state index in [-0.39, 0.29) is 30.6 Å². The standard InChI is InChI=1S/C24H34N4O2/c1-5-18(3)27(24(30)25-22-12-8-7-10-19(22)6-2)17-23(29)28(20-13-14-20)16-21-11-9-15-26(21)4/h7-12,15,18,20H,5-6,13-14,16-17H2,1-4H3,(H,25,30)/t18-/m0/s1. The number of nitrogens with one attached hydrogen (secondary N) is 1. The van der Waals surface area contributed by atoms with Gasteiger partial charge in [-0.2, -0.15) is 0 Å². The third kappa shape index (κ3) is 5.23. The third-order valence-electron chi connectivity index (χ3n) is 6.02. The van der Waals surface area contributed by atoms with Crippen molar-refractivity contribution in [2.75, 3.05) is 11.9 Å². The molecule has 1 aliphatic rings. The van der Waals surface area contributed by atoms with E-state index in [9.17, 15) is 9.59 Å². The SMILES string of the molecule is CCc1ccccc1NC(=O)N(CC(=O)N(Cc1cccn1C)C1CC1)[C@@H](C)CC. The number of hydrogen-bond acceptors (Lipinski definition) is 2. The second-order valence-corrected chi connectivity index (χ2v) is 8.19. The van der Waals surface area contributed by atoms with Crippen molar-refractivity contribution in [3.05, 3.63) is 53.9 Å². The van der Waals surface area contributed by atoms with E-state index in [4.69, 9.17) is 0 Å². The molecule has 6 nitrogen and oxygen atoms in total. The molecule has 1 N–H and O–H groups in total. The van der Waals surface area contributed by atoms with E-state index in [1.165, 1.54) is 0 Å². The van der Waals surface area contributed by atoms with Crippen molar-refractivity contribution in [2.24, 2.45) is 7.05 Å². The molecule has 162 valence electrons. The molecular formula is C24H34N4O2. The summed E-state index contributed by atoms with van der Waals surface area (Å²) in [5.74, 6) is 0.0120. The van der Waals surface area contributed by atoms with Crippen molar-refractivity contribution in [3.63, 3.8) is 0 Å². The van der Waals surface area contributed by atoms with Crippen molar-refractivity contribution in [1.82, 2.24) is 14.4 Å². The van der Waals surface area contributed by atoms with E-state index in [0.717, 1.165) is 42.6 Å². The quantitative estimate of drug-likeness (QED) is 0.666. The van der Waals surface area contributed by atoms with Gasteiger partial charge in [-0.05, 0) is 56.4 Å². The number of hydrogen-bond donors (Lipinski definition) is 1. The van der Waals surface area contributed by atoms with Gasteiger partial charge in [-0.1, -0.05) is 32.0 Å². The normalized spacial score (nSPS) is 14.3. The topological polar surface area (TPSA) is 57.6 Å². The van der Waals surface area contributed by atoms with Crippen LogP contribution in [0.4, 0.5) is 10.5 Å². The van der Waals surface area contributed by atoms with Crippen LogP contribution in [0.1, 0.15) is 51.3 Å². The Hall–Kier alpha value is -2.76. The largest absolute Gasteiger partial charge is 0.353 e. The van der Waals surface area contributed by atoms with Crippen molar-refractivity contribution < 1.29 is 9.59 Å². The van der Waals surface area contributed by atoms with Gasteiger partial charge < -0.3 is 19.7 Å². The first-order valence-electron chi connectivity index (χ1n) is 11.0. The van der Waals surface area contributed by atoms with Crippen LogP contribution in [0.15, 0.2) is 42.6 Å². The summed E-state index contributed by atoms with van der Waals surface area (Å²) in [5.41, 5.74) is 3.00. The summed E-state index contributed by atoms with van der Waals surface area (Å²) in [5, 5.41) is 3.03. The molecule has 3 rings (SSSR count). The molecule has 1 aromatic carbocycles. The zero-order chi connectivity index (χ0) is 21.7. The van der Waals surface area contributed by atoms with E-state index >= 15 is 0 Å². The molecule has 3 amide bonds. The molecular weight excluding hydrogens is 376 g/mol. The summed E-state index contributed by atoms with van der Waals surface area (Å²) in [6.07, 6.45) is 5.70. The number of nitrogens with zero attached hydrogens (tertiary/aromatic N) is 3. The van der Waals surface area contributed by atoms with Crippen LogP contribution in [0.2, 0.25) is 0 Å². The summed E-state index contributed by atoms with van der Waals surface area (Å²) in [6.45, 7) is 6.78. The smallest absolute Gasteiger partial charge is 0.322 e. The highest BCUT2D eigenvalue weighted by Gasteiger charge is 2.34. The lowest BCUT2D eigenvalue weighted by Crippen LogP contribution is -2.48. The van der Waals surface area contributed by atoms with Gasteiger partial charge in [0.1, 0.15) is 6.54 Å². The van der Waals surface area contributed by atoms with Crippen LogP contribution >= 0.6 is 0 Å². The van der Waals surface area contributed by atoms with Crippen molar-refractivity contribution in [3.8, 4) is 0 Å². The maximum Gasteiger partial charge on any atom is 0.322 e. The van der Waals surface area contributed by atoms with E-state index < -0.39 is 0 Å². The van der Waals surface area contributed by atoms with Gasteiger partial charge in [-0.25, -0.2) is 4.79 Å². The number of rotatable bonds is 9. The van der Waals surface area contributed by atoms with Crippen LogP contribution in [0, 0.1) is 0 Å². The number of carbonyl (C=O) groups is 2. The van der Waals surface area contributed by atoms with E-state index in [1.54, 1.807) is 4.90 Å². The molecule has 0 saturated heterocycles. The van der Waals surface area contributed by atoms with Crippen LogP contribution in [0.3, 0.4) is 0 Å². The Kier molecular flexibility index (Phi) is 7.19. The summed E-state index contributed by atoms with van der Waals surface area (Å²) in [6, 6.07) is 11.9. The first kappa shape index (κ1) is 21.9. The van der Waals surface area contributed by atoms with Crippen LogP contribution < -0.4 is 5.32 Å². The van der Waals surface area contributed by atoms with Crippen LogP contribution in [-0.4, -0.2) is 44.9 Å². The molecule has 0 spiro atoms. The van der Waals surface area contributed by atoms with Gasteiger partial charge in [-0.3, -0.25) is 4.79 Å². The van der Waals surface area contributed by atoms with Gasteiger partial charge in [0.25, 0.3) is 0 Å². The Morgan fingerprint density at radius 2 is 1.90 bits per heavy atom. The van der Waals surface area contributed by atoms with Crippen molar-refractivity contribution in [2.45, 2.75) is 65.1 Å². The Bertz CT molecular complexity index is 872. The molecule has 1 fully saturated rings. The zero-order valence-electron chi connectivity index (χ0n) is 18.6. The lowest BCUT2D eigenvalue weighted by atomic mass is 10.1. The Balaban J connectivity index is 1.73. The third-order valence-corrected chi connectivity index (χ3v) is 6.02. The fourth-order valence-corrected chi connectivity index (χ4v) is 3.66. The Morgan fingerprint density at radius 1 is 1.17 bits per heavy atom. The average Bonchev–Trinajstić information content (AvgIpc) is 3.51. The number of anilines is 1. The molecule has 6 heteroatoms. The Labute approximate surface area is 179 Å². The van der Waals surface area contributed by atoms with E-state index in [0.29, 0.717) is 6.54 Å². The number of benzene rings is 1. The van der Waals surface area contributed by atoms with E-state index in [2.05, 4.69) is 12.2 Å². The lowest BCUT2D eigenvalue weighted by Gasteiger charge is -2.31. The van der Waals surface area contributed by atoms with Gasteiger partial charge in [0.15, 0.2) is 0 Å². The van der Waals surface area contributed by atoms with Gasteiger partial charge in [0.05, 0.1) is 6.54 Å². The molecule has 0 bridgehead atoms. The number of urea groups is 1. The molecule has 0 aliphatic heterocycles. The maximum absolute atomic E-state index is 13.3. The van der Waals surface area contributed by atoms with Gasteiger partial charge in [0.2, 0.25) is 5.91 Å². The first-order chi connectivity index (χ1) is 14.4. The highest BCUT2D eigenvalue weighted by atomic mass is 16.2. The number of carbonyl (C=O) groups excluding carboxylic acids is 2. The number of amides is 3. The minimum Gasteiger partial charge on any atom is -0.353 e. The second-order valence-electron chi connectivity index (χ2n) is 8.19. The highest BCUT2D eigenvalue weighted by Crippen LogP contribution is 2.29. The molecule has 0 radical (unpaired) electrons. The lowest BCUT2D eigenvalue weighted by molar-refractivity contribution is -0.133. The molecule has 0 unspecified atom stereocenters. The van der Waals surface area contributed by atoms with Gasteiger partial charge in [0, 0.05) is 36.7 Å².